The molecule has 0 unspecified atom stereocenters. The Morgan fingerprint density at radius 2 is 1.66 bits per heavy atom. The topological polar surface area (TPSA) is 103 Å². The summed E-state index contributed by atoms with van der Waals surface area (Å²) in [4.78, 5) is 37.3. The molecule has 0 fully saturated rings. The van der Waals surface area contributed by atoms with Crippen molar-refractivity contribution in [2.24, 2.45) is 5.73 Å². The van der Waals surface area contributed by atoms with Crippen LogP contribution in [0.3, 0.4) is 0 Å². The zero-order chi connectivity index (χ0) is 24.6. The van der Waals surface area contributed by atoms with E-state index in [1.54, 1.807) is 13.1 Å². The lowest BCUT2D eigenvalue weighted by Gasteiger charge is -2.01. The first-order valence-corrected chi connectivity index (χ1v) is 11.0. The molecule has 0 atom stereocenters. The Kier molecular flexibility index (Phi) is 21.9. The average molecular weight is 442 g/mol. The number of ketones is 1. The Morgan fingerprint density at radius 3 is 2.03 bits per heavy atom. The molecule has 0 radical (unpaired) electrons. The second kappa shape index (κ2) is 22.5. The van der Waals surface area contributed by atoms with Gasteiger partial charge in [0.25, 0.3) is 0 Å². The maximum absolute atomic E-state index is 10.4. The Bertz CT molecular complexity index is 745. The molecule has 0 saturated carbocycles. The number of Topliss-reactive ketones (excluding diaryl/α,β-unsaturated/α-hetero) is 1. The molecule has 0 aliphatic heterocycles. The van der Waals surface area contributed by atoms with Crippen molar-refractivity contribution < 1.29 is 14.4 Å². The SMILES string of the molecule is C=C(C)CCC.CCC(=O)CCC=O.CCCc1ccc(-c2ccccn2)nc1.NC=O. The third kappa shape index (κ3) is 18.9. The molecule has 1 amide bonds. The lowest BCUT2D eigenvalue weighted by atomic mass is 10.1. The molecule has 2 aromatic heterocycles. The summed E-state index contributed by atoms with van der Waals surface area (Å²) in [5.41, 5.74) is 8.62. The van der Waals surface area contributed by atoms with E-state index in [1.165, 1.54) is 24.0 Å². The zero-order valence-corrected chi connectivity index (χ0v) is 20.0. The average Bonchev–Trinajstić information content (AvgIpc) is 2.80. The van der Waals surface area contributed by atoms with Gasteiger partial charge in [0, 0.05) is 31.7 Å². The maximum atomic E-state index is 10.4. The van der Waals surface area contributed by atoms with Crippen molar-refractivity contribution in [1.82, 2.24) is 9.97 Å². The predicted octanol–water partition coefficient (Wildman–Crippen LogP) is 5.50. The van der Waals surface area contributed by atoms with Gasteiger partial charge in [0.2, 0.25) is 6.41 Å². The van der Waals surface area contributed by atoms with Crippen molar-refractivity contribution in [2.45, 2.75) is 72.6 Å². The third-order valence-corrected chi connectivity index (χ3v) is 3.90. The molecule has 0 aliphatic rings. The monoisotopic (exact) mass is 441 g/mol. The summed E-state index contributed by atoms with van der Waals surface area (Å²) in [7, 11) is 0. The second-order valence-electron chi connectivity index (χ2n) is 6.96. The number of hydrogen-bond acceptors (Lipinski definition) is 5. The summed E-state index contributed by atoms with van der Waals surface area (Å²) in [6.45, 7) is 11.9. The van der Waals surface area contributed by atoms with E-state index in [1.807, 2.05) is 30.5 Å². The molecule has 0 saturated heterocycles. The summed E-state index contributed by atoms with van der Waals surface area (Å²) < 4.78 is 0. The number of amides is 1. The van der Waals surface area contributed by atoms with Crippen LogP contribution in [0.1, 0.15) is 71.8 Å². The number of primary amides is 1. The van der Waals surface area contributed by atoms with Gasteiger partial charge >= 0.3 is 0 Å². The Morgan fingerprint density at radius 1 is 1.00 bits per heavy atom. The van der Waals surface area contributed by atoms with Crippen LogP contribution in [-0.2, 0) is 20.8 Å². The van der Waals surface area contributed by atoms with Gasteiger partial charge in [-0.3, -0.25) is 19.6 Å². The molecular formula is C26H39N3O3. The van der Waals surface area contributed by atoms with Crippen LogP contribution >= 0.6 is 0 Å². The van der Waals surface area contributed by atoms with Crippen molar-refractivity contribution >= 4 is 18.5 Å². The molecule has 2 aromatic rings. The minimum absolute atomic E-state index is 0.164. The number of pyridine rings is 2. The van der Waals surface area contributed by atoms with E-state index in [4.69, 9.17) is 4.79 Å². The maximum Gasteiger partial charge on any atom is 0.204 e. The lowest BCUT2D eigenvalue weighted by Crippen LogP contribution is -1.93. The highest BCUT2D eigenvalue weighted by molar-refractivity contribution is 5.79. The van der Waals surface area contributed by atoms with Gasteiger partial charge < -0.3 is 10.5 Å². The van der Waals surface area contributed by atoms with Crippen LogP contribution in [0.5, 0.6) is 0 Å². The number of carbonyl (C=O) groups is 3. The van der Waals surface area contributed by atoms with E-state index in [0.717, 1.165) is 30.5 Å². The van der Waals surface area contributed by atoms with Crippen molar-refractivity contribution in [3.8, 4) is 11.4 Å². The van der Waals surface area contributed by atoms with Gasteiger partial charge in [-0.2, -0.15) is 0 Å². The largest absolute Gasteiger partial charge is 0.372 e. The van der Waals surface area contributed by atoms with E-state index in [-0.39, 0.29) is 12.2 Å². The summed E-state index contributed by atoms with van der Waals surface area (Å²) >= 11 is 0. The van der Waals surface area contributed by atoms with Gasteiger partial charge in [-0.15, -0.1) is 6.58 Å². The first kappa shape index (κ1) is 31.0. The number of carbonyl (C=O) groups excluding carboxylic acids is 3. The van der Waals surface area contributed by atoms with E-state index >= 15 is 0 Å². The smallest absolute Gasteiger partial charge is 0.204 e. The molecule has 2 rings (SSSR count). The van der Waals surface area contributed by atoms with Crippen molar-refractivity contribution in [2.75, 3.05) is 0 Å². The van der Waals surface area contributed by atoms with E-state index in [2.05, 4.69) is 49.1 Å². The number of nitrogens with zero attached hydrogens (tertiary/aromatic N) is 2. The standard InChI is InChI=1S/C13H14N2.C6H10O2.C6H12.CH3NO/c1-2-5-11-7-8-13(15-10-11)12-6-3-4-9-14-12;1-2-6(8)4-3-5-7;1-4-5-6(2)3;2-1-3/h3-4,6-10H,2,5H2,1H3;5H,2-4H2,1H3;2,4-5H2,1,3H3;1H,(H2,2,3). The Labute approximate surface area is 193 Å². The number of aromatic nitrogens is 2. The molecule has 176 valence electrons. The highest BCUT2D eigenvalue weighted by Gasteiger charge is 1.99. The van der Waals surface area contributed by atoms with Gasteiger partial charge in [-0.25, -0.2) is 0 Å². The lowest BCUT2D eigenvalue weighted by molar-refractivity contribution is -0.120. The quantitative estimate of drug-likeness (QED) is 0.408. The van der Waals surface area contributed by atoms with Gasteiger partial charge in [0.15, 0.2) is 0 Å². The number of hydrogen-bond donors (Lipinski definition) is 1. The summed E-state index contributed by atoms with van der Waals surface area (Å²) in [5, 5.41) is 0. The van der Waals surface area contributed by atoms with Gasteiger partial charge in [0.1, 0.15) is 12.1 Å². The predicted molar refractivity (Wildman–Crippen MR) is 132 cm³/mol. The number of aldehydes is 1. The summed E-state index contributed by atoms with van der Waals surface area (Å²) in [6, 6.07) is 10.0. The van der Waals surface area contributed by atoms with Crippen LogP contribution in [0, 0.1) is 0 Å². The fourth-order valence-electron chi connectivity index (χ4n) is 2.35. The summed E-state index contributed by atoms with van der Waals surface area (Å²) in [5.74, 6) is 0.164. The van der Waals surface area contributed by atoms with Gasteiger partial charge in [0.05, 0.1) is 11.4 Å². The fourth-order valence-corrected chi connectivity index (χ4v) is 2.35. The van der Waals surface area contributed by atoms with Gasteiger partial charge in [-0.05, 0) is 43.5 Å². The zero-order valence-electron chi connectivity index (χ0n) is 20.0. The number of nitrogens with two attached hydrogens (primary N) is 1. The molecule has 0 aliphatic carbocycles. The molecule has 32 heavy (non-hydrogen) atoms. The first-order chi connectivity index (χ1) is 15.4. The Hall–Kier alpha value is -3.15. The molecule has 6 nitrogen and oxygen atoms in total. The van der Waals surface area contributed by atoms with E-state index in [0.29, 0.717) is 19.3 Å². The van der Waals surface area contributed by atoms with Crippen LogP contribution in [0.4, 0.5) is 0 Å². The van der Waals surface area contributed by atoms with E-state index < -0.39 is 0 Å². The first-order valence-electron chi connectivity index (χ1n) is 11.0. The van der Waals surface area contributed by atoms with Crippen LogP contribution in [-0.4, -0.2) is 28.4 Å². The Balaban J connectivity index is 0. The number of allylic oxidation sites excluding steroid dienone is 1. The molecule has 0 aromatic carbocycles. The highest BCUT2D eigenvalue weighted by atomic mass is 16.1. The van der Waals surface area contributed by atoms with Crippen LogP contribution in [0.25, 0.3) is 11.4 Å². The highest BCUT2D eigenvalue weighted by Crippen LogP contribution is 2.13. The number of rotatable bonds is 9. The fraction of sp³-hybridized carbons (Fsp3) is 0.423. The normalized spacial score (nSPS) is 8.88. The molecule has 6 heteroatoms. The van der Waals surface area contributed by atoms with Crippen molar-refractivity contribution in [3.63, 3.8) is 0 Å². The van der Waals surface area contributed by atoms with Crippen LogP contribution < -0.4 is 5.73 Å². The van der Waals surface area contributed by atoms with Crippen LogP contribution in [0.15, 0.2) is 54.9 Å². The van der Waals surface area contributed by atoms with Gasteiger partial charge in [-0.1, -0.05) is 51.3 Å². The van der Waals surface area contributed by atoms with Crippen LogP contribution in [0.2, 0.25) is 0 Å². The minimum atomic E-state index is 0.164. The number of aryl methyl sites for hydroxylation is 1. The minimum Gasteiger partial charge on any atom is -0.372 e. The van der Waals surface area contributed by atoms with E-state index in [9.17, 15) is 9.59 Å². The molecular weight excluding hydrogens is 402 g/mol. The third-order valence-electron chi connectivity index (χ3n) is 3.90. The van der Waals surface area contributed by atoms with Crippen molar-refractivity contribution in [3.05, 3.63) is 60.4 Å². The van der Waals surface area contributed by atoms with Crippen molar-refractivity contribution in [1.29, 1.82) is 0 Å². The summed E-state index contributed by atoms with van der Waals surface area (Å²) in [6.07, 6.45) is 10.8. The molecule has 2 heterocycles. The molecule has 2 N–H and O–H groups in total. The second-order valence-corrected chi connectivity index (χ2v) is 6.96. The molecule has 0 bridgehead atoms. The molecule has 0 spiro atoms.